The summed E-state index contributed by atoms with van der Waals surface area (Å²) in [4.78, 5) is 0. The third kappa shape index (κ3) is 5.24. The zero-order chi connectivity index (χ0) is 24.3. The van der Waals surface area contributed by atoms with Crippen LogP contribution in [-0.2, 0) is 14.2 Å². The number of hydrogen-bond donors (Lipinski definition) is 11. The van der Waals surface area contributed by atoms with Gasteiger partial charge in [0, 0.05) is 0 Å². The van der Waals surface area contributed by atoms with Crippen molar-refractivity contribution in [3.05, 3.63) is 0 Å². The Morgan fingerprint density at radius 1 is 0.969 bits per heavy atom. The van der Waals surface area contributed by atoms with Crippen LogP contribution in [0.15, 0.2) is 0 Å². The number of hydrogen-bond acceptors (Lipinski definition) is 14. The van der Waals surface area contributed by atoms with Crippen LogP contribution in [0, 0.1) is 0 Å². The van der Waals surface area contributed by atoms with Crippen LogP contribution in [0.1, 0.15) is 19.3 Å². The molecule has 0 radical (unpaired) electrons. The van der Waals surface area contributed by atoms with Gasteiger partial charge in [-0.1, -0.05) is 6.42 Å². The van der Waals surface area contributed by atoms with Gasteiger partial charge in [-0.15, -0.1) is 0 Å². The molecule has 190 valence electrons. The summed E-state index contributed by atoms with van der Waals surface area (Å²) in [7, 11) is 0. The monoisotopic (exact) mass is 472 g/mol. The van der Waals surface area contributed by atoms with Gasteiger partial charge in [0.2, 0.25) is 5.79 Å². The smallest absolute Gasteiger partial charge is 0.224 e. The highest BCUT2D eigenvalue weighted by Crippen LogP contribution is 2.39. The molecule has 0 spiro atoms. The normalized spacial score (nSPS) is 43.2. The average molecular weight is 472 g/mol. The Bertz CT molecular complexity index is 588. The molecule has 0 aromatic heterocycles. The fourth-order valence-electron chi connectivity index (χ4n) is 3.99. The van der Waals surface area contributed by atoms with E-state index in [1.54, 1.807) is 0 Å². The van der Waals surface area contributed by atoms with Crippen molar-refractivity contribution < 1.29 is 60.2 Å². The fourth-order valence-corrected chi connectivity index (χ4v) is 3.99. The first kappa shape index (κ1) is 27.7. The van der Waals surface area contributed by atoms with E-state index in [1.807, 2.05) is 0 Å². The summed E-state index contributed by atoms with van der Waals surface area (Å²) in [5.41, 5.74) is 9.70. The van der Waals surface area contributed by atoms with Crippen LogP contribution in [-0.4, -0.2) is 139 Å². The molecule has 0 aromatic carbocycles. The summed E-state index contributed by atoms with van der Waals surface area (Å²) in [5.74, 6) is -2.79. The van der Waals surface area contributed by atoms with E-state index < -0.39 is 86.3 Å². The lowest BCUT2D eigenvalue weighted by atomic mass is 9.81. The molecule has 0 aromatic rings. The Hall–Kier alpha value is -0.560. The van der Waals surface area contributed by atoms with Gasteiger partial charge in [0.1, 0.15) is 48.8 Å². The second kappa shape index (κ2) is 11.2. The van der Waals surface area contributed by atoms with E-state index in [4.69, 9.17) is 25.7 Å². The Balaban J connectivity index is 2.22. The van der Waals surface area contributed by atoms with Crippen LogP contribution in [0.2, 0.25) is 0 Å². The number of aliphatic hydroxyl groups is 9. The van der Waals surface area contributed by atoms with Crippen LogP contribution in [0.4, 0.5) is 0 Å². The number of nitrogens with two attached hydrogens (primary N) is 2. The number of unbranched alkanes of at least 4 members (excludes halogenated alkanes) is 1. The molecule has 13 N–H and O–H groups in total. The Labute approximate surface area is 184 Å². The van der Waals surface area contributed by atoms with Crippen molar-refractivity contribution in [2.75, 3.05) is 26.4 Å². The zero-order valence-electron chi connectivity index (χ0n) is 17.6. The second-order valence-electron chi connectivity index (χ2n) is 8.37. The molecule has 32 heavy (non-hydrogen) atoms. The first-order chi connectivity index (χ1) is 15.0. The maximum atomic E-state index is 10.9. The van der Waals surface area contributed by atoms with Crippen molar-refractivity contribution in [1.82, 2.24) is 0 Å². The van der Waals surface area contributed by atoms with Gasteiger partial charge in [-0.3, -0.25) is 0 Å². The molecule has 2 aliphatic heterocycles. The Morgan fingerprint density at radius 2 is 1.59 bits per heavy atom. The molecule has 2 saturated heterocycles. The van der Waals surface area contributed by atoms with Crippen molar-refractivity contribution in [2.24, 2.45) is 11.5 Å². The Morgan fingerprint density at radius 3 is 2.12 bits per heavy atom. The lowest BCUT2D eigenvalue weighted by Gasteiger charge is -2.42. The van der Waals surface area contributed by atoms with Gasteiger partial charge in [0.05, 0.1) is 25.4 Å². The lowest BCUT2D eigenvalue weighted by Crippen LogP contribution is -2.67. The van der Waals surface area contributed by atoms with Crippen molar-refractivity contribution in [1.29, 1.82) is 0 Å². The zero-order valence-corrected chi connectivity index (χ0v) is 17.6. The fraction of sp³-hybridized carbons (Fsp3) is 1.00. The van der Waals surface area contributed by atoms with E-state index in [9.17, 15) is 46.0 Å². The molecule has 0 aliphatic carbocycles. The van der Waals surface area contributed by atoms with Crippen molar-refractivity contribution in [3.8, 4) is 0 Å². The van der Waals surface area contributed by atoms with Gasteiger partial charge in [-0.25, -0.2) is 0 Å². The predicted molar refractivity (Wildman–Crippen MR) is 104 cm³/mol. The third-order valence-electron chi connectivity index (χ3n) is 6.09. The molecular formula is C18H36N2O12. The SMILES string of the molecule is NCCCCC(N)(CO)C(O)[C@@]1(O)O[C@H](CO)[C@@H](OC2O[C@H](CO)[C@H](O)[C@H](O)[C@H]2O)[C@@H]1O. The summed E-state index contributed by atoms with van der Waals surface area (Å²) in [6, 6.07) is 0. The minimum Gasteiger partial charge on any atom is -0.394 e. The van der Waals surface area contributed by atoms with Gasteiger partial charge in [0.25, 0.3) is 0 Å². The van der Waals surface area contributed by atoms with E-state index >= 15 is 0 Å². The third-order valence-corrected chi connectivity index (χ3v) is 6.09. The summed E-state index contributed by atoms with van der Waals surface area (Å²) < 4.78 is 15.9. The summed E-state index contributed by atoms with van der Waals surface area (Å²) in [6.45, 7) is -1.98. The minimum absolute atomic E-state index is 0.0162. The van der Waals surface area contributed by atoms with Gasteiger partial charge in [-0.05, 0) is 19.4 Å². The molecule has 2 aliphatic rings. The maximum Gasteiger partial charge on any atom is 0.224 e. The molecule has 2 rings (SSSR count). The van der Waals surface area contributed by atoms with Gasteiger partial charge in [-0.2, -0.15) is 0 Å². The highest BCUT2D eigenvalue weighted by molar-refractivity contribution is 5.08. The number of rotatable bonds is 11. The van der Waals surface area contributed by atoms with Crippen molar-refractivity contribution in [2.45, 2.75) is 85.7 Å². The van der Waals surface area contributed by atoms with E-state index in [0.29, 0.717) is 19.4 Å². The van der Waals surface area contributed by atoms with Crippen molar-refractivity contribution >= 4 is 0 Å². The molecule has 14 nitrogen and oxygen atoms in total. The molecule has 0 saturated carbocycles. The van der Waals surface area contributed by atoms with Crippen LogP contribution in [0.25, 0.3) is 0 Å². The first-order valence-electron chi connectivity index (χ1n) is 10.4. The largest absolute Gasteiger partial charge is 0.394 e. The summed E-state index contributed by atoms with van der Waals surface area (Å²) >= 11 is 0. The second-order valence-corrected chi connectivity index (χ2v) is 8.37. The Kier molecular flexibility index (Phi) is 9.73. The minimum atomic E-state index is -2.79. The van der Waals surface area contributed by atoms with Gasteiger partial charge in [0.15, 0.2) is 6.29 Å². The highest BCUT2D eigenvalue weighted by Gasteiger charge is 2.63. The molecule has 3 unspecified atom stereocenters. The van der Waals surface area contributed by atoms with E-state index in [1.165, 1.54) is 0 Å². The quantitative estimate of drug-likeness (QED) is 0.125. The number of ether oxygens (including phenoxy) is 3. The molecule has 2 heterocycles. The van der Waals surface area contributed by atoms with Crippen LogP contribution in [0.5, 0.6) is 0 Å². The maximum absolute atomic E-state index is 10.9. The van der Waals surface area contributed by atoms with Crippen molar-refractivity contribution in [3.63, 3.8) is 0 Å². The predicted octanol–water partition coefficient (Wildman–Crippen LogP) is -6.21. The topological polar surface area (TPSA) is 262 Å². The molecular weight excluding hydrogens is 436 g/mol. The lowest BCUT2D eigenvalue weighted by molar-refractivity contribution is -0.320. The molecule has 11 atom stereocenters. The molecule has 2 fully saturated rings. The van der Waals surface area contributed by atoms with E-state index in [2.05, 4.69) is 0 Å². The van der Waals surface area contributed by atoms with E-state index in [0.717, 1.165) is 0 Å². The van der Waals surface area contributed by atoms with E-state index in [-0.39, 0.29) is 6.42 Å². The van der Waals surface area contributed by atoms with Gasteiger partial charge >= 0.3 is 0 Å². The van der Waals surface area contributed by atoms with Crippen LogP contribution in [0.3, 0.4) is 0 Å². The summed E-state index contributed by atoms with van der Waals surface area (Å²) in [5, 5.41) is 91.1. The van der Waals surface area contributed by atoms with Gasteiger partial charge < -0.3 is 71.6 Å². The van der Waals surface area contributed by atoms with Crippen LogP contribution < -0.4 is 11.5 Å². The molecule has 0 amide bonds. The standard InChI is InChI=1S/C18H36N2O12/c19-4-2-1-3-17(20,7-23)16(28)18(29)14(27)13(9(6-22)32-18)31-15-12(26)11(25)10(24)8(5-21)30-15/h8-16,21-29H,1-7,19-20H2/t8-,9-,10+,11+,12-,13-,14+,15?,16?,17?,18+/m1/s1. The average Bonchev–Trinajstić information content (AvgIpc) is 3.04. The first-order valence-corrected chi connectivity index (χ1v) is 10.4. The number of aliphatic hydroxyl groups excluding tert-OH is 8. The van der Waals surface area contributed by atoms with Crippen LogP contribution >= 0.6 is 0 Å². The molecule has 0 bridgehead atoms. The summed E-state index contributed by atoms with van der Waals surface area (Å²) in [6.07, 6.45) is -14.4. The molecule has 14 heteroatoms. The highest BCUT2D eigenvalue weighted by atomic mass is 16.7.